The third kappa shape index (κ3) is 3.13. The number of carbonyl (C=O) groups excluding carboxylic acids is 1. The van der Waals surface area contributed by atoms with Crippen LogP contribution in [0.25, 0.3) is 10.9 Å². The standard InChI is InChI=1S/C16H20N4O/c17-16(21)20-9-6-14(7-10-20)19-11-13-4-1-3-12-5-2-8-18-15(12)13/h1-5,8,14,19H,6-7,9-11H2,(H2,17,21). The summed E-state index contributed by atoms with van der Waals surface area (Å²) < 4.78 is 0. The Morgan fingerprint density at radius 3 is 2.81 bits per heavy atom. The highest BCUT2D eigenvalue weighted by atomic mass is 16.2. The molecule has 110 valence electrons. The van der Waals surface area contributed by atoms with Crippen molar-refractivity contribution in [3.05, 3.63) is 42.1 Å². The summed E-state index contributed by atoms with van der Waals surface area (Å²) >= 11 is 0. The van der Waals surface area contributed by atoms with Crippen molar-refractivity contribution >= 4 is 16.9 Å². The Bertz CT molecular complexity index is 630. The van der Waals surface area contributed by atoms with E-state index in [1.54, 1.807) is 4.90 Å². The Kier molecular flexibility index (Phi) is 4.01. The van der Waals surface area contributed by atoms with E-state index in [1.807, 2.05) is 12.3 Å². The molecule has 1 fully saturated rings. The van der Waals surface area contributed by atoms with E-state index in [4.69, 9.17) is 5.73 Å². The number of primary amides is 1. The number of likely N-dealkylation sites (tertiary alicyclic amines) is 1. The number of benzene rings is 1. The van der Waals surface area contributed by atoms with Gasteiger partial charge in [-0.25, -0.2) is 4.79 Å². The lowest BCUT2D eigenvalue weighted by Gasteiger charge is -2.31. The number of aromatic nitrogens is 1. The van der Waals surface area contributed by atoms with Gasteiger partial charge in [-0.1, -0.05) is 24.3 Å². The van der Waals surface area contributed by atoms with Gasteiger partial charge in [-0.15, -0.1) is 0 Å². The largest absolute Gasteiger partial charge is 0.351 e. The fraction of sp³-hybridized carbons (Fsp3) is 0.375. The van der Waals surface area contributed by atoms with Crippen LogP contribution in [0.1, 0.15) is 18.4 Å². The zero-order chi connectivity index (χ0) is 14.7. The molecule has 1 aromatic carbocycles. The van der Waals surface area contributed by atoms with E-state index in [2.05, 4.69) is 34.6 Å². The van der Waals surface area contributed by atoms with Crippen LogP contribution in [0.2, 0.25) is 0 Å². The predicted molar refractivity (Wildman–Crippen MR) is 82.8 cm³/mol. The molecule has 2 heterocycles. The number of nitrogens with one attached hydrogen (secondary N) is 1. The third-order valence-corrected chi connectivity index (χ3v) is 4.10. The first kappa shape index (κ1) is 13.8. The maximum absolute atomic E-state index is 11.1. The summed E-state index contributed by atoms with van der Waals surface area (Å²) in [7, 11) is 0. The highest BCUT2D eigenvalue weighted by molar-refractivity contribution is 5.81. The number of para-hydroxylation sites is 1. The van der Waals surface area contributed by atoms with Gasteiger partial charge in [0.05, 0.1) is 5.52 Å². The predicted octanol–water partition coefficient (Wildman–Crippen LogP) is 1.87. The molecule has 3 rings (SSSR count). The van der Waals surface area contributed by atoms with Crippen LogP contribution in [0.3, 0.4) is 0 Å². The minimum absolute atomic E-state index is 0.313. The number of rotatable bonds is 3. The quantitative estimate of drug-likeness (QED) is 0.904. The SMILES string of the molecule is NC(=O)N1CCC(NCc2cccc3cccnc23)CC1. The number of nitrogens with zero attached hydrogens (tertiary/aromatic N) is 2. The molecular weight excluding hydrogens is 264 g/mol. The van der Waals surface area contributed by atoms with Crippen LogP contribution < -0.4 is 11.1 Å². The maximum Gasteiger partial charge on any atom is 0.314 e. The Morgan fingerprint density at radius 1 is 1.29 bits per heavy atom. The molecule has 5 nitrogen and oxygen atoms in total. The highest BCUT2D eigenvalue weighted by Crippen LogP contribution is 2.17. The van der Waals surface area contributed by atoms with Crippen molar-refractivity contribution < 1.29 is 4.79 Å². The number of piperidine rings is 1. The molecule has 1 aliphatic heterocycles. The third-order valence-electron chi connectivity index (χ3n) is 4.10. The van der Waals surface area contributed by atoms with Crippen LogP contribution in [0.15, 0.2) is 36.5 Å². The number of pyridine rings is 1. The van der Waals surface area contributed by atoms with Crippen LogP contribution in [0.4, 0.5) is 4.79 Å². The molecule has 1 aliphatic rings. The van der Waals surface area contributed by atoms with Gasteiger partial charge in [0.25, 0.3) is 0 Å². The molecular formula is C16H20N4O. The van der Waals surface area contributed by atoms with Gasteiger partial charge in [-0.05, 0) is 24.5 Å². The molecule has 0 radical (unpaired) electrons. The number of urea groups is 1. The van der Waals surface area contributed by atoms with Gasteiger partial charge in [0.1, 0.15) is 0 Å². The van der Waals surface area contributed by atoms with Gasteiger partial charge in [0, 0.05) is 37.3 Å². The van der Waals surface area contributed by atoms with E-state index in [9.17, 15) is 4.79 Å². The molecule has 21 heavy (non-hydrogen) atoms. The maximum atomic E-state index is 11.1. The fourth-order valence-corrected chi connectivity index (χ4v) is 2.87. The van der Waals surface area contributed by atoms with Crippen molar-refractivity contribution in [2.75, 3.05) is 13.1 Å². The minimum atomic E-state index is -0.313. The molecule has 0 atom stereocenters. The summed E-state index contributed by atoms with van der Waals surface area (Å²) in [6.45, 7) is 2.27. The number of fused-ring (bicyclic) bond motifs is 1. The molecule has 3 N–H and O–H groups in total. The minimum Gasteiger partial charge on any atom is -0.351 e. The van der Waals surface area contributed by atoms with E-state index >= 15 is 0 Å². The van der Waals surface area contributed by atoms with Crippen LogP contribution >= 0.6 is 0 Å². The number of carbonyl (C=O) groups is 1. The second-order valence-corrected chi connectivity index (χ2v) is 5.47. The fourth-order valence-electron chi connectivity index (χ4n) is 2.87. The smallest absolute Gasteiger partial charge is 0.314 e. The molecule has 0 spiro atoms. The number of hydrogen-bond acceptors (Lipinski definition) is 3. The molecule has 0 bridgehead atoms. The molecule has 1 aromatic heterocycles. The lowest BCUT2D eigenvalue weighted by molar-refractivity contribution is 0.185. The van der Waals surface area contributed by atoms with E-state index in [1.165, 1.54) is 10.9 Å². The van der Waals surface area contributed by atoms with Crippen LogP contribution in [-0.4, -0.2) is 35.0 Å². The van der Waals surface area contributed by atoms with Crippen LogP contribution in [-0.2, 0) is 6.54 Å². The van der Waals surface area contributed by atoms with Gasteiger partial charge in [-0.3, -0.25) is 4.98 Å². The summed E-state index contributed by atoms with van der Waals surface area (Å²) in [5.41, 5.74) is 7.57. The second-order valence-electron chi connectivity index (χ2n) is 5.47. The topological polar surface area (TPSA) is 71.2 Å². The molecule has 1 saturated heterocycles. The molecule has 0 unspecified atom stereocenters. The molecule has 2 aromatic rings. The number of hydrogen-bond donors (Lipinski definition) is 2. The lowest BCUT2D eigenvalue weighted by Crippen LogP contribution is -2.46. The van der Waals surface area contributed by atoms with E-state index in [0.717, 1.165) is 38.0 Å². The first-order valence-electron chi connectivity index (χ1n) is 7.34. The van der Waals surface area contributed by atoms with E-state index < -0.39 is 0 Å². The van der Waals surface area contributed by atoms with Crippen LogP contribution in [0.5, 0.6) is 0 Å². The van der Waals surface area contributed by atoms with Crippen molar-refractivity contribution in [3.8, 4) is 0 Å². The van der Waals surface area contributed by atoms with Crippen molar-refractivity contribution in [3.63, 3.8) is 0 Å². The summed E-state index contributed by atoms with van der Waals surface area (Å²) in [6, 6.07) is 10.4. The normalized spacial score (nSPS) is 16.3. The monoisotopic (exact) mass is 284 g/mol. The van der Waals surface area contributed by atoms with E-state index in [0.29, 0.717) is 6.04 Å². The summed E-state index contributed by atoms with van der Waals surface area (Å²) in [4.78, 5) is 17.3. The summed E-state index contributed by atoms with van der Waals surface area (Å²) in [5, 5.41) is 4.74. The van der Waals surface area contributed by atoms with Gasteiger partial charge in [0.2, 0.25) is 0 Å². The number of amides is 2. The van der Waals surface area contributed by atoms with Gasteiger partial charge >= 0.3 is 6.03 Å². The first-order valence-corrected chi connectivity index (χ1v) is 7.34. The second kappa shape index (κ2) is 6.10. The zero-order valence-electron chi connectivity index (χ0n) is 12.0. The number of nitrogens with two attached hydrogens (primary N) is 1. The summed E-state index contributed by atoms with van der Waals surface area (Å²) in [5.74, 6) is 0. The highest BCUT2D eigenvalue weighted by Gasteiger charge is 2.20. The Morgan fingerprint density at radius 2 is 2.05 bits per heavy atom. The van der Waals surface area contributed by atoms with E-state index in [-0.39, 0.29) is 6.03 Å². The van der Waals surface area contributed by atoms with Crippen molar-refractivity contribution in [2.45, 2.75) is 25.4 Å². The zero-order valence-corrected chi connectivity index (χ0v) is 12.0. The van der Waals surface area contributed by atoms with Crippen LogP contribution in [0, 0.1) is 0 Å². The van der Waals surface area contributed by atoms with Crippen molar-refractivity contribution in [1.29, 1.82) is 0 Å². The van der Waals surface area contributed by atoms with Crippen molar-refractivity contribution in [1.82, 2.24) is 15.2 Å². The average molecular weight is 284 g/mol. The lowest BCUT2D eigenvalue weighted by atomic mass is 10.0. The molecule has 0 saturated carbocycles. The van der Waals surface area contributed by atoms with Gasteiger partial charge < -0.3 is 16.0 Å². The Balaban J connectivity index is 1.61. The summed E-state index contributed by atoms with van der Waals surface area (Å²) in [6.07, 6.45) is 3.72. The molecule has 2 amide bonds. The van der Waals surface area contributed by atoms with Gasteiger partial charge in [0.15, 0.2) is 0 Å². The van der Waals surface area contributed by atoms with Gasteiger partial charge in [-0.2, -0.15) is 0 Å². The molecule has 5 heteroatoms. The average Bonchev–Trinajstić information content (AvgIpc) is 2.53. The molecule has 0 aliphatic carbocycles. The Labute approximate surface area is 124 Å². The van der Waals surface area contributed by atoms with Crippen molar-refractivity contribution in [2.24, 2.45) is 5.73 Å². The first-order chi connectivity index (χ1) is 10.2. The Hall–Kier alpha value is -2.14.